The second kappa shape index (κ2) is 6.94. The van der Waals surface area contributed by atoms with Crippen LogP contribution in [0, 0.1) is 0 Å². The monoisotopic (exact) mass is 383 g/mol. The number of hydrogen-bond donors (Lipinski definition) is 1. The molecular formula is C19H15Cl2N5. The molecule has 4 rings (SSSR count). The molecule has 4 aromatic rings. The van der Waals surface area contributed by atoms with Gasteiger partial charge in [-0.3, -0.25) is 0 Å². The van der Waals surface area contributed by atoms with E-state index in [0.717, 1.165) is 11.1 Å². The van der Waals surface area contributed by atoms with E-state index in [2.05, 4.69) is 9.97 Å². The first-order valence-corrected chi connectivity index (χ1v) is 8.87. The third kappa shape index (κ3) is 3.11. The van der Waals surface area contributed by atoms with Crippen LogP contribution in [0.4, 0.5) is 5.82 Å². The molecule has 2 aromatic heterocycles. The number of rotatable bonds is 4. The molecule has 0 amide bonds. The highest BCUT2D eigenvalue weighted by molar-refractivity contribution is 6.30. The summed E-state index contributed by atoms with van der Waals surface area (Å²) in [6, 6.07) is 17.3. The number of hydrogen-bond acceptors (Lipinski definition) is 4. The number of nitrogens with zero attached hydrogens (tertiary/aromatic N) is 4. The minimum atomic E-state index is -0.247. The van der Waals surface area contributed by atoms with Gasteiger partial charge in [-0.15, -0.1) is 11.6 Å². The van der Waals surface area contributed by atoms with Crippen LogP contribution in [0.2, 0.25) is 5.02 Å². The second-order valence-corrected chi connectivity index (χ2v) is 6.84. The third-order valence-electron chi connectivity index (χ3n) is 4.15. The number of nitrogen functional groups attached to an aromatic ring is 1. The van der Waals surface area contributed by atoms with Crippen LogP contribution in [0.3, 0.4) is 0 Å². The summed E-state index contributed by atoms with van der Waals surface area (Å²) in [7, 11) is 0. The smallest absolute Gasteiger partial charge is 0.164 e. The zero-order valence-electron chi connectivity index (χ0n) is 13.7. The Bertz CT molecular complexity index is 1060. The van der Waals surface area contributed by atoms with Crippen molar-refractivity contribution >= 4 is 40.1 Å². The van der Waals surface area contributed by atoms with E-state index in [1.165, 1.54) is 6.33 Å². The van der Waals surface area contributed by atoms with Crippen LogP contribution in [0.5, 0.6) is 0 Å². The van der Waals surface area contributed by atoms with Crippen molar-refractivity contribution in [2.75, 3.05) is 5.73 Å². The van der Waals surface area contributed by atoms with Crippen molar-refractivity contribution in [3.05, 3.63) is 71.5 Å². The quantitative estimate of drug-likeness (QED) is 0.518. The van der Waals surface area contributed by atoms with Crippen molar-refractivity contribution in [3.8, 4) is 11.3 Å². The van der Waals surface area contributed by atoms with Crippen LogP contribution in [0.25, 0.3) is 22.3 Å². The van der Waals surface area contributed by atoms with Crippen molar-refractivity contribution in [2.45, 2.75) is 11.9 Å². The van der Waals surface area contributed by atoms with Crippen LogP contribution in [0.1, 0.15) is 10.9 Å². The highest BCUT2D eigenvalue weighted by atomic mass is 35.5. The molecule has 0 spiro atoms. The highest BCUT2D eigenvalue weighted by Crippen LogP contribution is 2.32. The first-order chi connectivity index (χ1) is 12.6. The SMILES string of the molecule is Nc1ncnc2c1c(-c1cccc(Cl)c1)nn2CC(Cl)c1ccccc1. The number of halogens is 2. The summed E-state index contributed by atoms with van der Waals surface area (Å²) in [5.41, 5.74) is 9.33. The van der Waals surface area contributed by atoms with Crippen LogP contribution in [-0.2, 0) is 6.54 Å². The maximum absolute atomic E-state index is 6.60. The molecule has 1 atom stereocenters. The number of benzene rings is 2. The summed E-state index contributed by atoms with van der Waals surface area (Å²) >= 11 is 12.7. The average Bonchev–Trinajstić information content (AvgIpc) is 3.02. The Labute approximate surface area is 160 Å². The molecule has 0 aliphatic carbocycles. The van der Waals surface area contributed by atoms with Crippen LogP contribution >= 0.6 is 23.2 Å². The van der Waals surface area contributed by atoms with Crippen molar-refractivity contribution in [1.82, 2.24) is 19.7 Å². The fraction of sp³-hybridized carbons (Fsp3) is 0.105. The van der Waals surface area contributed by atoms with Gasteiger partial charge in [0.15, 0.2) is 5.65 Å². The fourth-order valence-electron chi connectivity index (χ4n) is 2.91. The summed E-state index contributed by atoms with van der Waals surface area (Å²) < 4.78 is 1.77. The normalized spacial score (nSPS) is 12.4. The second-order valence-electron chi connectivity index (χ2n) is 5.88. The van der Waals surface area contributed by atoms with Crippen molar-refractivity contribution < 1.29 is 0 Å². The molecule has 0 saturated heterocycles. The van der Waals surface area contributed by atoms with E-state index in [-0.39, 0.29) is 5.38 Å². The standard InChI is InChI=1S/C19H15Cl2N5/c20-14-8-4-7-13(9-14)17-16-18(22)23-11-24-19(16)26(25-17)10-15(21)12-5-2-1-3-6-12/h1-9,11,15H,10H2,(H2,22,23,24). The fourth-order valence-corrected chi connectivity index (χ4v) is 3.38. The van der Waals surface area contributed by atoms with Crippen molar-refractivity contribution in [1.29, 1.82) is 0 Å². The van der Waals surface area contributed by atoms with E-state index in [9.17, 15) is 0 Å². The van der Waals surface area contributed by atoms with E-state index in [0.29, 0.717) is 34.1 Å². The van der Waals surface area contributed by atoms with Gasteiger partial charge in [0.2, 0.25) is 0 Å². The lowest BCUT2D eigenvalue weighted by molar-refractivity contribution is 0.617. The van der Waals surface area contributed by atoms with Crippen LogP contribution < -0.4 is 5.73 Å². The Hall–Kier alpha value is -2.63. The first kappa shape index (κ1) is 16.8. The molecule has 2 N–H and O–H groups in total. The summed E-state index contributed by atoms with van der Waals surface area (Å²) in [5, 5.41) is 5.80. The number of aromatic nitrogens is 4. The first-order valence-electron chi connectivity index (χ1n) is 8.05. The lowest BCUT2D eigenvalue weighted by atomic mass is 10.1. The predicted octanol–water partition coefficient (Wildman–Crippen LogP) is 4.71. The Morgan fingerprint density at radius 1 is 1.04 bits per heavy atom. The van der Waals surface area contributed by atoms with Gasteiger partial charge in [-0.05, 0) is 17.7 Å². The molecule has 1 unspecified atom stereocenters. The molecule has 130 valence electrons. The highest BCUT2D eigenvalue weighted by Gasteiger charge is 2.19. The molecule has 0 saturated carbocycles. The maximum Gasteiger partial charge on any atom is 0.164 e. The summed E-state index contributed by atoms with van der Waals surface area (Å²) in [5.74, 6) is 0.377. The molecule has 0 fully saturated rings. The van der Waals surface area contributed by atoms with Gasteiger partial charge in [0, 0.05) is 10.6 Å². The van der Waals surface area contributed by atoms with E-state index in [1.54, 1.807) is 4.68 Å². The lowest BCUT2D eigenvalue weighted by Crippen LogP contribution is -2.07. The topological polar surface area (TPSA) is 69.6 Å². The van der Waals surface area contributed by atoms with Crippen LogP contribution in [0.15, 0.2) is 60.9 Å². The third-order valence-corrected chi connectivity index (χ3v) is 4.78. The van der Waals surface area contributed by atoms with Crippen LogP contribution in [-0.4, -0.2) is 19.7 Å². The average molecular weight is 384 g/mol. The molecule has 0 bridgehead atoms. The molecular weight excluding hydrogens is 369 g/mol. The molecule has 2 heterocycles. The largest absolute Gasteiger partial charge is 0.383 e. The lowest BCUT2D eigenvalue weighted by Gasteiger charge is -2.10. The number of alkyl halides is 1. The Morgan fingerprint density at radius 2 is 1.85 bits per heavy atom. The number of anilines is 1. The molecule has 7 heteroatoms. The summed E-state index contributed by atoms with van der Waals surface area (Å²) in [6.07, 6.45) is 1.43. The van der Waals surface area contributed by atoms with E-state index < -0.39 is 0 Å². The maximum atomic E-state index is 6.60. The van der Waals surface area contributed by atoms with Crippen molar-refractivity contribution in [2.24, 2.45) is 0 Å². The molecule has 0 aliphatic rings. The molecule has 0 aliphatic heterocycles. The Kier molecular flexibility index (Phi) is 4.49. The molecule has 5 nitrogen and oxygen atoms in total. The number of nitrogens with two attached hydrogens (primary N) is 1. The minimum Gasteiger partial charge on any atom is -0.383 e. The summed E-state index contributed by atoms with van der Waals surface area (Å²) in [6.45, 7) is 0.457. The van der Waals surface area contributed by atoms with Crippen molar-refractivity contribution in [3.63, 3.8) is 0 Å². The van der Waals surface area contributed by atoms with E-state index in [1.807, 2.05) is 54.6 Å². The minimum absolute atomic E-state index is 0.247. The molecule has 2 aromatic carbocycles. The Morgan fingerprint density at radius 3 is 2.62 bits per heavy atom. The van der Waals surface area contributed by atoms with Gasteiger partial charge in [-0.25, -0.2) is 14.6 Å². The van der Waals surface area contributed by atoms with Gasteiger partial charge < -0.3 is 5.73 Å². The zero-order chi connectivity index (χ0) is 18.1. The van der Waals surface area contributed by atoms with E-state index >= 15 is 0 Å². The van der Waals surface area contributed by atoms with Gasteiger partial charge in [0.25, 0.3) is 0 Å². The molecule has 26 heavy (non-hydrogen) atoms. The van der Waals surface area contributed by atoms with E-state index in [4.69, 9.17) is 34.0 Å². The molecule has 0 radical (unpaired) electrons. The predicted molar refractivity (Wildman–Crippen MR) is 105 cm³/mol. The Balaban J connectivity index is 1.82. The van der Waals surface area contributed by atoms with Gasteiger partial charge in [0.1, 0.15) is 17.8 Å². The van der Waals surface area contributed by atoms with Gasteiger partial charge >= 0.3 is 0 Å². The van der Waals surface area contributed by atoms with Gasteiger partial charge in [0.05, 0.1) is 17.3 Å². The zero-order valence-corrected chi connectivity index (χ0v) is 15.2. The summed E-state index contributed by atoms with van der Waals surface area (Å²) in [4.78, 5) is 8.49. The van der Waals surface area contributed by atoms with Gasteiger partial charge in [-0.1, -0.05) is 54.1 Å². The number of fused-ring (bicyclic) bond motifs is 1. The van der Waals surface area contributed by atoms with Gasteiger partial charge in [-0.2, -0.15) is 5.10 Å².